The Morgan fingerprint density at radius 3 is 2.55 bits per heavy atom. The number of benzene rings is 2. The van der Waals surface area contributed by atoms with Crippen molar-refractivity contribution in [2.75, 3.05) is 11.9 Å². The van der Waals surface area contributed by atoms with Gasteiger partial charge in [0.2, 0.25) is 5.91 Å². The van der Waals surface area contributed by atoms with E-state index in [0.717, 1.165) is 22.7 Å². The summed E-state index contributed by atoms with van der Waals surface area (Å²) < 4.78 is 5.73. The Kier molecular flexibility index (Phi) is 4.74. The van der Waals surface area contributed by atoms with Crippen LogP contribution in [0.4, 0.5) is 5.69 Å². The van der Waals surface area contributed by atoms with Gasteiger partial charge in [0.15, 0.2) is 0 Å². The Bertz CT molecular complexity index is 579. The number of hydrogen-bond acceptors (Lipinski definition) is 3. The topological polar surface area (TPSA) is 64.3 Å². The third-order valence-corrected chi connectivity index (χ3v) is 2.73. The van der Waals surface area contributed by atoms with Gasteiger partial charge in [-0.25, -0.2) is 0 Å². The van der Waals surface area contributed by atoms with Crippen LogP contribution < -0.4 is 15.8 Å². The maximum atomic E-state index is 11.4. The van der Waals surface area contributed by atoms with E-state index in [1.807, 2.05) is 43.3 Å². The highest BCUT2D eigenvalue weighted by Crippen LogP contribution is 2.23. The van der Waals surface area contributed by atoms with E-state index in [9.17, 15) is 4.79 Å². The lowest BCUT2D eigenvalue weighted by molar-refractivity contribution is -0.116. The SMILES string of the molecule is Cc1cccc(Oc2ccc(NC(=O)CCN)cc2)c1. The lowest BCUT2D eigenvalue weighted by Gasteiger charge is -2.08. The summed E-state index contributed by atoms with van der Waals surface area (Å²) in [6.45, 7) is 2.36. The van der Waals surface area contributed by atoms with Crippen LogP contribution in [0.15, 0.2) is 48.5 Å². The fraction of sp³-hybridized carbons (Fsp3) is 0.188. The van der Waals surface area contributed by atoms with E-state index in [1.54, 1.807) is 12.1 Å². The smallest absolute Gasteiger partial charge is 0.225 e. The highest BCUT2D eigenvalue weighted by Gasteiger charge is 2.02. The number of hydrogen-bond donors (Lipinski definition) is 2. The molecule has 0 heterocycles. The first-order valence-electron chi connectivity index (χ1n) is 6.52. The average Bonchev–Trinajstić information content (AvgIpc) is 2.41. The molecule has 104 valence electrons. The molecule has 3 N–H and O–H groups in total. The van der Waals surface area contributed by atoms with Crippen molar-refractivity contribution in [3.63, 3.8) is 0 Å². The standard InChI is InChI=1S/C16H18N2O2/c1-12-3-2-4-15(11-12)20-14-7-5-13(6-8-14)18-16(19)9-10-17/h2-8,11H,9-10,17H2,1H3,(H,18,19). The molecule has 2 aromatic carbocycles. The molecular formula is C16H18N2O2. The number of nitrogens with one attached hydrogen (secondary N) is 1. The maximum absolute atomic E-state index is 11.4. The number of rotatable bonds is 5. The van der Waals surface area contributed by atoms with Crippen molar-refractivity contribution in [2.45, 2.75) is 13.3 Å². The fourth-order valence-corrected chi connectivity index (χ4v) is 1.78. The average molecular weight is 270 g/mol. The molecule has 0 bridgehead atoms. The van der Waals surface area contributed by atoms with Gasteiger partial charge in [-0.1, -0.05) is 12.1 Å². The van der Waals surface area contributed by atoms with Gasteiger partial charge in [0.25, 0.3) is 0 Å². The molecule has 0 atom stereocenters. The van der Waals surface area contributed by atoms with E-state index in [1.165, 1.54) is 0 Å². The molecule has 0 spiro atoms. The van der Waals surface area contributed by atoms with Crippen molar-refractivity contribution in [1.82, 2.24) is 0 Å². The minimum atomic E-state index is -0.0835. The fourth-order valence-electron chi connectivity index (χ4n) is 1.78. The summed E-state index contributed by atoms with van der Waals surface area (Å²) in [6.07, 6.45) is 0.321. The van der Waals surface area contributed by atoms with Crippen molar-refractivity contribution >= 4 is 11.6 Å². The summed E-state index contributed by atoms with van der Waals surface area (Å²) in [6, 6.07) is 15.1. The van der Waals surface area contributed by atoms with Crippen LogP contribution in [0.3, 0.4) is 0 Å². The molecule has 4 nitrogen and oxygen atoms in total. The molecule has 0 aliphatic heterocycles. The second-order valence-corrected chi connectivity index (χ2v) is 4.53. The zero-order chi connectivity index (χ0) is 14.4. The Morgan fingerprint density at radius 1 is 1.15 bits per heavy atom. The van der Waals surface area contributed by atoms with Gasteiger partial charge in [0.1, 0.15) is 11.5 Å². The monoisotopic (exact) mass is 270 g/mol. The van der Waals surface area contributed by atoms with Crippen molar-refractivity contribution in [3.8, 4) is 11.5 Å². The Balaban J connectivity index is 1.99. The van der Waals surface area contributed by atoms with E-state index < -0.39 is 0 Å². The molecule has 0 saturated carbocycles. The van der Waals surface area contributed by atoms with Gasteiger partial charge in [0.05, 0.1) is 0 Å². The summed E-state index contributed by atoms with van der Waals surface area (Å²) in [5, 5.41) is 2.77. The summed E-state index contributed by atoms with van der Waals surface area (Å²) >= 11 is 0. The second-order valence-electron chi connectivity index (χ2n) is 4.53. The maximum Gasteiger partial charge on any atom is 0.225 e. The van der Waals surface area contributed by atoms with Gasteiger partial charge in [-0.05, 0) is 48.9 Å². The van der Waals surface area contributed by atoms with Gasteiger partial charge < -0.3 is 15.8 Å². The number of ether oxygens (including phenoxy) is 1. The number of nitrogens with two attached hydrogens (primary N) is 1. The van der Waals surface area contributed by atoms with Crippen LogP contribution in [-0.2, 0) is 4.79 Å². The first-order chi connectivity index (χ1) is 9.67. The number of amides is 1. The molecule has 20 heavy (non-hydrogen) atoms. The molecule has 2 aromatic rings. The molecule has 2 rings (SSSR count). The van der Waals surface area contributed by atoms with Crippen LogP contribution in [0.1, 0.15) is 12.0 Å². The molecule has 0 fully saturated rings. The van der Waals surface area contributed by atoms with Gasteiger partial charge in [-0.15, -0.1) is 0 Å². The van der Waals surface area contributed by atoms with Crippen LogP contribution in [0.2, 0.25) is 0 Å². The molecule has 1 amide bonds. The zero-order valence-electron chi connectivity index (χ0n) is 11.4. The third-order valence-electron chi connectivity index (χ3n) is 2.73. The van der Waals surface area contributed by atoms with Crippen molar-refractivity contribution < 1.29 is 9.53 Å². The summed E-state index contributed by atoms with van der Waals surface area (Å²) in [5.74, 6) is 1.44. The van der Waals surface area contributed by atoms with Crippen LogP contribution in [0.5, 0.6) is 11.5 Å². The molecule has 0 radical (unpaired) electrons. The Labute approximate surface area is 118 Å². The molecule has 0 saturated heterocycles. The van der Waals surface area contributed by atoms with E-state index in [-0.39, 0.29) is 5.91 Å². The molecule has 4 heteroatoms. The van der Waals surface area contributed by atoms with Gasteiger partial charge in [-0.2, -0.15) is 0 Å². The van der Waals surface area contributed by atoms with Gasteiger partial charge >= 0.3 is 0 Å². The molecule has 0 aliphatic rings. The van der Waals surface area contributed by atoms with E-state index in [4.69, 9.17) is 10.5 Å². The van der Waals surface area contributed by atoms with Gasteiger partial charge in [-0.3, -0.25) is 4.79 Å². The van der Waals surface area contributed by atoms with Crippen LogP contribution in [0.25, 0.3) is 0 Å². The zero-order valence-corrected chi connectivity index (χ0v) is 11.4. The van der Waals surface area contributed by atoms with Crippen LogP contribution in [0, 0.1) is 6.92 Å². The normalized spacial score (nSPS) is 10.1. The first-order valence-corrected chi connectivity index (χ1v) is 6.52. The van der Waals surface area contributed by atoms with E-state index in [0.29, 0.717) is 13.0 Å². The minimum absolute atomic E-state index is 0.0835. The Hall–Kier alpha value is -2.33. The number of carbonyl (C=O) groups excluding carboxylic acids is 1. The molecule has 0 aliphatic carbocycles. The van der Waals surface area contributed by atoms with Crippen molar-refractivity contribution in [2.24, 2.45) is 5.73 Å². The third kappa shape index (κ3) is 4.10. The second kappa shape index (κ2) is 6.73. The van der Waals surface area contributed by atoms with Crippen molar-refractivity contribution in [1.29, 1.82) is 0 Å². The number of aryl methyl sites for hydroxylation is 1. The highest BCUT2D eigenvalue weighted by atomic mass is 16.5. The highest BCUT2D eigenvalue weighted by molar-refractivity contribution is 5.90. The van der Waals surface area contributed by atoms with Gasteiger partial charge in [0, 0.05) is 18.7 Å². The summed E-state index contributed by atoms with van der Waals surface area (Å²) in [5.41, 5.74) is 7.21. The Morgan fingerprint density at radius 2 is 1.90 bits per heavy atom. The predicted molar refractivity (Wildman–Crippen MR) is 80.0 cm³/mol. The summed E-state index contributed by atoms with van der Waals surface area (Å²) in [7, 11) is 0. The van der Waals surface area contributed by atoms with E-state index >= 15 is 0 Å². The largest absolute Gasteiger partial charge is 0.457 e. The lowest BCUT2D eigenvalue weighted by atomic mass is 10.2. The minimum Gasteiger partial charge on any atom is -0.457 e. The number of anilines is 1. The lowest BCUT2D eigenvalue weighted by Crippen LogP contribution is -2.15. The molecule has 0 unspecified atom stereocenters. The van der Waals surface area contributed by atoms with Crippen LogP contribution in [-0.4, -0.2) is 12.5 Å². The summed E-state index contributed by atoms with van der Waals surface area (Å²) in [4.78, 5) is 11.4. The first kappa shape index (κ1) is 14.1. The number of carbonyl (C=O) groups is 1. The van der Waals surface area contributed by atoms with Crippen molar-refractivity contribution in [3.05, 3.63) is 54.1 Å². The quantitative estimate of drug-likeness (QED) is 0.877. The predicted octanol–water partition coefficient (Wildman–Crippen LogP) is 3.07. The molecule has 0 aromatic heterocycles. The molecular weight excluding hydrogens is 252 g/mol. The van der Waals surface area contributed by atoms with Crippen LogP contribution >= 0.6 is 0 Å². The van der Waals surface area contributed by atoms with E-state index in [2.05, 4.69) is 5.32 Å².